The molecule has 0 aromatic heterocycles. The Morgan fingerprint density at radius 3 is 2.70 bits per heavy atom. The molecule has 0 saturated carbocycles. The fraction of sp³-hybridized carbons (Fsp3) is 0.304. The topological polar surface area (TPSA) is 105 Å². The van der Waals surface area contributed by atoms with E-state index >= 15 is 0 Å². The molecule has 1 saturated heterocycles. The largest absolute Gasteiger partial charge is 0.496 e. The molecule has 0 radical (unpaired) electrons. The van der Waals surface area contributed by atoms with E-state index in [0.29, 0.717) is 16.7 Å². The summed E-state index contributed by atoms with van der Waals surface area (Å²) in [5.41, 5.74) is 1.00. The number of nitrogens with one attached hydrogen (secondary N) is 2. The van der Waals surface area contributed by atoms with Gasteiger partial charge >= 0.3 is 5.92 Å². The highest BCUT2D eigenvalue weighted by molar-refractivity contribution is 6.05. The van der Waals surface area contributed by atoms with Crippen LogP contribution in [-0.4, -0.2) is 41.7 Å². The molecule has 10 heteroatoms. The molecule has 2 aromatic rings. The minimum atomic E-state index is -3.80. The Labute approximate surface area is 187 Å². The second-order valence-corrected chi connectivity index (χ2v) is 7.85. The van der Waals surface area contributed by atoms with Gasteiger partial charge in [0.1, 0.15) is 11.8 Å². The third kappa shape index (κ3) is 4.15. The molecule has 8 nitrogen and oxygen atoms in total. The maximum atomic E-state index is 14.7. The van der Waals surface area contributed by atoms with Crippen molar-refractivity contribution in [1.29, 1.82) is 0 Å². The Bertz CT molecular complexity index is 1150. The van der Waals surface area contributed by atoms with E-state index < -0.39 is 29.3 Å². The number of hydrogen-bond acceptors (Lipinski definition) is 5. The van der Waals surface area contributed by atoms with Crippen LogP contribution in [0.1, 0.15) is 39.9 Å². The zero-order valence-electron chi connectivity index (χ0n) is 17.7. The summed E-state index contributed by atoms with van der Waals surface area (Å²) in [6.45, 7) is -0.0247. The summed E-state index contributed by atoms with van der Waals surface area (Å²) < 4.78 is 34.3. The highest BCUT2D eigenvalue weighted by Gasteiger charge is 2.43. The van der Waals surface area contributed by atoms with Gasteiger partial charge in [0.15, 0.2) is 0 Å². The number of hydrogen-bond donors (Lipinski definition) is 2. The van der Waals surface area contributed by atoms with Gasteiger partial charge in [-0.3, -0.25) is 24.5 Å². The minimum absolute atomic E-state index is 0.0952. The number of halogens is 2. The molecular formula is C23H21F2N3O5. The molecule has 1 atom stereocenters. The van der Waals surface area contributed by atoms with Gasteiger partial charge in [-0.1, -0.05) is 24.3 Å². The van der Waals surface area contributed by atoms with Gasteiger partial charge in [-0.15, -0.1) is 0 Å². The standard InChI is InChI=1S/C23H21F2N3O5/c1-33-18-5-3-2-4-16(18)23(24,25)22(32)26-11-13-6-7-15-14(10-13)12-28(21(15)31)17-8-9-19(29)27-20(17)30/h2-7,10,17H,8-9,11-12H2,1H3,(H,26,32)(H,27,29,30)/t17-/m1/s1. The van der Waals surface area contributed by atoms with E-state index in [9.17, 15) is 28.0 Å². The van der Waals surface area contributed by atoms with Gasteiger partial charge in [-0.2, -0.15) is 8.78 Å². The SMILES string of the molecule is COc1ccccc1C(F)(F)C(=O)NCc1ccc2c(c1)CN([C@@H]1CCC(=O)NC1=O)C2=O. The molecule has 33 heavy (non-hydrogen) atoms. The van der Waals surface area contributed by atoms with Crippen LogP contribution in [-0.2, 0) is 33.4 Å². The Morgan fingerprint density at radius 2 is 1.97 bits per heavy atom. The van der Waals surface area contributed by atoms with Gasteiger partial charge in [0.2, 0.25) is 11.8 Å². The summed E-state index contributed by atoms with van der Waals surface area (Å²) in [7, 11) is 1.25. The number of carbonyl (C=O) groups is 4. The molecular weight excluding hydrogens is 436 g/mol. The highest BCUT2D eigenvalue weighted by Crippen LogP contribution is 2.35. The molecule has 0 spiro atoms. The van der Waals surface area contributed by atoms with E-state index in [-0.39, 0.29) is 43.5 Å². The lowest BCUT2D eigenvalue weighted by molar-refractivity contribution is -0.147. The molecule has 2 aliphatic rings. The van der Waals surface area contributed by atoms with E-state index in [0.717, 1.165) is 6.07 Å². The molecule has 4 amide bonds. The summed E-state index contributed by atoms with van der Waals surface area (Å²) >= 11 is 0. The number of amides is 4. The number of rotatable bonds is 6. The lowest BCUT2D eigenvalue weighted by Gasteiger charge is -2.29. The third-order valence-corrected chi connectivity index (χ3v) is 5.77. The van der Waals surface area contributed by atoms with Crippen LogP contribution in [0.4, 0.5) is 8.78 Å². The molecule has 4 rings (SSSR count). The van der Waals surface area contributed by atoms with Gasteiger partial charge in [0, 0.05) is 25.1 Å². The van der Waals surface area contributed by atoms with Crippen molar-refractivity contribution in [1.82, 2.24) is 15.5 Å². The average molecular weight is 457 g/mol. The maximum Gasteiger partial charge on any atom is 0.353 e. The molecule has 172 valence electrons. The maximum absolute atomic E-state index is 14.7. The Morgan fingerprint density at radius 1 is 1.21 bits per heavy atom. The van der Waals surface area contributed by atoms with Crippen LogP contribution in [0.3, 0.4) is 0 Å². The molecule has 0 bridgehead atoms. The molecule has 2 N–H and O–H groups in total. The van der Waals surface area contributed by atoms with E-state index in [1.807, 2.05) is 0 Å². The molecule has 2 heterocycles. The molecule has 0 aliphatic carbocycles. The number of benzene rings is 2. The van der Waals surface area contributed by atoms with Gasteiger partial charge in [0.25, 0.3) is 11.8 Å². The monoisotopic (exact) mass is 457 g/mol. The van der Waals surface area contributed by atoms with Crippen molar-refractivity contribution in [3.05, 3.63) is 64.7 Å². The summed E-state index contributed by atoms with van der Waals surface area (Å²) in [6.07, 6.45) is 0.388. The highest BCUT2D eigenvalue weighted by atomic mass is 19.3. The lowest BCUT2D eigenvalue weighted by Crippen LogP contribution is -2.52. The van der Waals surface area contributed by atoms with E-state index in [2.05, 4.69) is 10.6 Å². The number of carbonyl (C=O) groups excluding carboxylic acids is 4. The van der Waals surface area contributed by atoms with Gasteiger partial charge in [-0.25, -0.2) is 0 Å². The zero-order chi connectivity index (χ0) is 23.8. The van der Waals surface area contributed by atoms with E-state index in [1.165, 1.54) is 30.2 Å². The number of fused-ring (bicyclic) bond motifs is 1. The van der Waals surface area contributed by atoms with Crippen molar-refractivity contribution in [2.24, 2.45) is 0 Å². The van der Waals surface area contributed by atoms with Crippen molar-refractivity contribution in [3.8, 4) is 5.75 Å². The van der Waals surface area contributed by atoms with Gasteiger partial charge in [-0.05, 0) is 35.7 Å². The van der Waals surface area contributed by atoms with Crippen LogP contribution in [0.15, 0.2) is 42.5 Å². The van der Waals surface area contributed by atoms with Gasteiger partial charge in [0.05, 0.1) is 12.7 Å². The lowest BCUT2D eigenvalue weighted by atomic mass is 10.0. The number of nitrogens with zero attached hydrogens (tertiary/aromatic N) is 1. The van der Waals surface area contributed by atoms with Crippen LogP contribution in [0.5, 0.6) is 5.75 Å². The first kappa shape index (κ1) is 22.4. The molecule has 2 aromatic carbocycles. The number of para-hydroxylation sites is 1. The fourth-order valence-electron chi connectivity index (χ4n) is 4.06. The van der Waals surface area contributed by atoms with Crippen LogP contribution in [0.2, 0.25) is 0 Å². The zero-order valence-corrected chi connectivity index (χ0v) is 17.7. The average Bonchev–Trinajstić information content (AvgIpc) is 3.12. The van der Waals surface area contributed by atoms with Crippen LogP contribution in [0.25, 0.3) is 0 Å². The van der Waals surface area contributed by atoms with Crippen LogP contribution in [0, 0.1) is 0 Å². The number of ether oxygens (including phenoxy) is 1. The summed E-state index contributed by atoms with van der Waals surface area (Å²) in [6, 6.07) is 9.40. The number of piperidine rings is 1. The van der Waals surface area contributed by atoms with Crippen molar-refractivity contribution in [2.45, 2.75) is 37.9 Å². The number of alkyl halides is 2. The van der Waals surface area contributed by atoms with E-state index in [4.69, 9.17) is 4.74 Å². The van der Waals surface area contributed by atoms with Crippen molar-refractivity contribution >= 4 is 23.6 Å². The minimum Gasteiger partial charge on any atom is -0.496 e. The number of methoxy groups -OCH3 is 1. The van der Waals surface area contributed by atoms with E-state index in [1.54, 1.807) is 18.2 Å². The Kier molecular flexibility index (Phi) is 5.84. The smallest absolute Gasteiger partial charge is 0.353 e. The molecule has 0 unspecified atom stereocenters. The Hall–Kier alpha value is -3.82. The second-order valence-electron chi connectivity index (χ2n) is 7.85. The van der Waals surface area contributed by atoms with Gasteiger partial charge < -0.3 is 15.0 Å². The van der Waals surface area contributed by atoms with Crippen LogP contribution >= 0.6 is 0 Å². The second kappa shape index (κ2) is 8.61. The summed E-state index contributed by atoms with van der Waals surface area (Å²) in [5, 5.41) is 4.47. The van der Waals surface area contributed by atoms with Crippen LogP contribution < -0.4 is 15.4 Å². The van der Waals surface area contributed by atoms with Crippen molar-refractivity contribution in [3.63, 3.8) is 0 Å². The first-order valence-electron chi connectivity index (χ1n) is 10.3. The van der Waals surface area contributed by atoms with Crippen molar-refractivity contribution in [2.75, 3.05) is 7.11 Å². The summed E-state index contributed by atoms with van der Waals surface area (Å²) in [5.74, 6) is -6.60. The quantitative estimate of drug-likeness (QED) is 0.645. The molecule has 1 fully saturated rings. The van der Waals surface area contributed by atoms with Crippen molar-refractivity contribution < 1.29 is 32.7 Å². The predicted octanol–water partition coefficient (Wildman–Crippen LogP) is 1.86. The first-order valence-corrected chi connectivity index (χ1v) is 10.3. The first-order chi connectivity index (χ1) is 15.7. The predicted molar refractivity (Wildman–Crippen MR) is 111 cm³/mol. The third-order valence-electron chi connectivity index (χ3n) is 5.77. The summed E-state index contributed by atoms with van der Waals surface area (Å²) in [4.78, 5) is 49.9. The number of imide groups is 1. The molecule has 2 aliphatic heterocycles. The normalized spacial score (nSPS) is 18.1. The Balaban J connectivity index is 1.45. The fourth-order valence-corrected chi connectivity index (χ4v) is 4.06.